The molecule has 1 aliphatic heterocycles. The van der Waals surface area contributed by atoms with Crippen LogP contribution in [0.25, 0.3) is 22.8 Å². The summed E-state index contributed by atoms with van der Waals surface area (Å²) in [5.41, 5.74) is 3.55. The number of fused-ring (bicyclic) bond motifs is 2. The summed E-state index contributed by atoms with van der Waals surface area (Å²) in [5.74, 6) is 1.16. The number of aromatic nitrogens is 6. The van der Waals surface area contributed by atoms with Crippen molar-refractivity contribution in [1.82, 2.24) is 34.4 Å². The molecule has 0 spiro atoms. The van der Waals surface area contributed by atoms with Gasteiger partial charge in [0, 0.05) is 24.2 Å². The third kappa shape index (κ3) is 3.56. The number of nitrogens with one attached hydrogen (secondary N) is 3. The zero-order valence-corrected chi connectivity index (χ0v) is 17.9. The lowest BCUT2D eigenvalue weighted by Crippen LogP contribution is -2.19. The number of amides is 2. The van der Waals surface area contributed by atoms with E-state index in [-0.39, 0.29) is 18.2 Å². The Labute approximate surface area is 187 Å². The van der Waals surface area contributed by atoms with Gasteiger partial charge in [-0.1, -0.05) is 12.1 Å². The first-order valence-electron chi connectivity index (χ1n) is 10.8. The Balaban J connectivity index is 1.35. The predicted molar refractivity (Wildman–Crippen MR) is 121 cm³/mol. The summed E-state index contributed by atoms with van der Waals surface area (Å²) in [7, 11) is 1.98. The molecule has 1 saturated heterocycles. The van der Waals surface area contributed by atoms with Crippen LogP contribution in [0.3, 0.4) is 0 Å². The van der Waals surface area contributed by atoms with E-state index in [1.807, 2.05) is 35.9 Å². The number of imidazole rings is 1. The number of carbonyl (C=O) groups is 2. The zero-order chi connectivity index (χ0) is 22.5. The molecule has 4 heterocycles. The van der Waals surface area contributed by atoms with E-state index in [1.165, 1.54) is 0 Å². The van der Waals surface area contributed by atoms with E-state index in [0.29, 0.717) is 41.3 Å². The first kappa shape index (κ1) is 19.4. The van der Waals surface area contributed by atoms with Gasteiger partial charge in [-0.25, -0.2) is 4.98 Å². The molecule has 3 aromatic heterocycles. The van der Waals surface area contributed by atoms with Gasteiger partial charge in [0.15, 0.2) is 5.65 Å². The maximum atomic E-state index is 12.0. The van der Waals surface area contributed by atoms with Crippen LogP contribution in [0, 0.1) is 0 Å². The monoisotopic (exact) mass is 443 g/mol. The Morgan fingerprint density at radius 3 is 2.79 bits per heavy atom. The lowest BCUT2D eigenvalue weighted by Gasteiger charge is -2.10. The average Bonchev–Trinajstić information content (AvgIpc) is 3.31. The smallest absolute Gasteiger partial charge is 0.254 e. The van der Waals surface area contributed by atoms with Crippen molar-refractivity contribution in [3.63, 3.8) is 0 Å². The van der Waals surface area contributed by atoms with Gasteiger partial charge in [0.1, 0.15) is 5.82 Å². The molecule has 0 atom stereocenters. The number of para-hydroxylation sites is 2. The van der Waals surface area contributed by atoms with Crippen LogP contribution in [0.2, 0.25) is 0 Å². The summed E-state index contributed by atoms with van der Waals surface area (Å²) in [6.45, 7) is 0.436. The van der Waals surface area contributed by atoms with Crippen molar-refractivity contribution < 1.29 is 9.59 Å². The minimum atomic E-state index is -0.384. The van der Waals surface area contributed by atoms with Gasteiger partial charge in [-0.15, -0.1) is 0 Å². The third-order valence-electron chi connectivity index (χ3n) is 5.82. The highest BCUT2D eigenvalue weighted by molar-refractivity contribution is 6.15. The van der Waals surface area contributed by atoms with Crippen LogP contribution in [-0.2, 0) is 23.2 Å². The van der Waals surface area contributed by atoms with E-state index in [0.717, 1.165) is 29.7 Å². The second-order valence-corrected chi connectivity index (χ2v) is 8.28. The normalized spacial score (nSPS) is 17.3. The lowest BCUT2D eigenvalue weighted by atomic mass is 10.1. The molecule has 1 aromatic carbocycles. The SMILES string of the molecule is Cn1c(CNc2nc(NC3CC3)n3ncc(/C=C4\CC(=O)NC4=O)c3n2)nc2ccccc21. The highest BCUT2D eigenvalue weighted by atomic mass is 16.2. The third-order valence-corrected chi connectivity index (χ3v) is 5.82. The highest BCUT2D eigenvalue weighted by Gasteiger charge is 2.26. The quantitative estimate of drug-likeness (QED) is 0.303. The summed E-state index contributed by atoms with van der Waals surface area (Å²) in [4.78, 5) is 37.5. The van der Waals surface area contributed by atoms with E-state index in [1.54, 1.807) is 16.8 Å². The number of nitrogens with zero attached hydrogens (tertiary/aromatic N) is 6. The molecule has 1 saturated carbocycles. The van der Waals surface area contributed by atoms with Gasteiger partial charge >= 0.3 is 0 Å². The van der Waals surface area contributed by atoms with Crippen molar-refractivity contribution in [3.8, 4) is 0 Å². The fourth-order valence-electron chi connectivity index (χ4n) is 3.90. The fraction of sp³-hybridized carbons (Fsp3) is 0.273. The Bertz CT molecular complexity index is 1460. The molecule has 0 bridgehead atoms. The Morgan fingerprint density at radius 2 is 2.03 bits per heavy atom. The standard InChI is InChI=1S/C22H21N9O2/c1-30-16-5-3-2-4-15(16)26-17(30)11-23-21-28-19-13(8-12-9-18(32)27-20(12)33)10-24-31(19)22(29-21)25-14-6-7-14/h2-5,8,10,14H,6-7,9,11H2,1H3,(H,27,32,33)(H2,23,25,28,29)/b12-8+. The molecule has 6 rings (SSSR count). The molecule has 4 aromatic rings. The minimum absolute atomic E-state index is 0.0479. The number of aryl methyl sites for hydroxylation is 1. The molecule has 2 amide bonds. The molecule has 11 heteroatoms. The van der Waals surface area contributed by atoms with Crippen LogP contribution in [0.5, 0.6) is 0 Å². The summed E-state index contributed by atoms with van der Waals surface area (Å²) < 4.78 is 3.66. The Hall–Kier alpha value is -4.28. The molecule has 1 aliphatic carbocycles. The molecule has 11 nitrogen and oxygen atoms in total. The van der Waals surface area contributed by atoms with Gasteiger partial charge in [-0.2, -0.15) is 19.6 Å². The van der Waals surface area contributed by atoms with Crippen LogP contribution in [-0.4, -0.2) is 47.0 Å². The Morgan fingerprint density at radius 1 is 1.18 bits per heavy atom. The second kappa shape index (κ2) is 7.40. The molecule has 0 unspecified atom stereocenters. The first-order chi connectivity index (χ1) is 16.0. The van der Waals surface area contributed by atoms with Gasteiger partial charge in [-0.3, -0.25) is 14.9 Å². The molecular weight excluding hydrogens is 422 g/mol. The average molecular weight is 443 g/mol. The fourth-order valence-corrected chi connectivity index (χ4v) is 3.90. The van der Waals surface area contributed by atoms with Crippen LogP contribution in [0.1, 0.15) is 30.7 Å². The lowest BCUT2D eigenvalue weighted by molar-refractivity contribution is -0.124. The number of imide groups is 1. The van der Waals surface area contributed by atoms with Crippen molar-refractivity contribution in [1.29, 1.82) is 0 Å². The minimum Gasteiger partial charge on any atom is -0.351 e. The maximum absolute atomic E-state index is 12.0. The topological polar surface area (TPSA) is 131 Å². The van der Waals surface area contributed by atoms with E-state index in [2.05, 4.69) is 36.0 Å². The van der Waals surface area contributed by atoms with E-state index in [9.17, 15) is 9.59 Å². The molecule has 0 radical (unpaired) electrons. The summed E-state index contributed by atoms with van der Waals surface area (Å²) in [5, 5.41) is 13.4. The zero-order valence-electron chi connectivity index (χ0n) is 17.9. The number of rotatable bonds is 6. The van der Waals surface area contributed by atoms with Crippen molar-refractivity contribution >= 4 is 46.5 Å². The van der Waals surface area contributed by atoms with Crippen molar-refractivity contribution in [2.24, 2.45) is 7.05 Å². The van der Waals surface area contributed by atoms with E-state index < -0.39 is 0 Å². The highest BCUT2D eigenvalue weighted by Crippen LogP contribution is 2.26. The van der Waals surface area contributed by atoms with Crippen molar-refractivity contribution in [2.45, 2.75) is 31.8 Å². The molecule has 2 aliphatic rings. The second-order valence-electron chi connectivity index (χ2n) is 8.28. The molecule has 3 N–H and O–H groups in total. The largest absolute Gasteiger partial charge is 0.351 e. The number of anilines is 2. The molecule has 2 fully saturated rings. The molecule has 166 valence electrons. The number of hydrogen-bond donors (Lipinski definition) is 3. The van der Waals surface area contributed by atoms with Crippen molar-refractivity contribution in [3.05, 3.63) is 47.4 Å². The predicted octanol–water partition coefficient (Wildman–Crippen LogP) is 1.63. The first-order valence-corrected chi connectivity index (χ1v) is 10.8. The van der Waals surface area contributed by atoms with Crippen LogP contribution < -0.4 is 16.0 Å². The van der Waals surface area contributed by atoms with Gasteiger partial charge in [0.05, 0.1) is 30.2 Å². The molecular formula is C22H21N9O2. The number of benzene rings is 1. The summed E-state index contributed by atoms with van der Waals surface area (Å²) in [6, 6.07) is 8.33. The van der Waals surface area contributed by atoms with Crippen LogP contribution in [0.4, 0.5) is 11.9 Å². The van der Waals surface area contributed by atoms with Crippen LogP contribution in [0.15, 0.2) is 36.0 Å². The molecule has 33 heavy (non-hydrogen) atoms. The van der Waals surface area contributed by atoms with E-state index >= 15 is 0 Å². The van der Waals surface area contributed by atoms with Crippen molar-refractivity contribution in [2.75, 3.05) is 10.6 Å². The van der Waals surface area contributed by atoms with Gasteiger partial charge in [0.2, 0.25) is 17.8 Å². The van der Waals surface area contributed by atoms with Gasteiger partial charge in [-0.05, 0) is 31.1 Å². The summed E-state index contributed by atoms with van der Waals surface area (Å²) >= 11 is 0. The number of carbonyl (C=O) groups excluding carboxylic acids is 2. The van der Waals surface area contributed by atoms with Gasteiger partial charge < -0.3 is 15.2 Å². The summed E-state index contributed by atoms with van der Waals surface area (Å²) in [6.07, 6.45) is 5.49. The Kier molecular flexibility index (Phi) is 4.35. The maximum Gasteiger partial charge on any atom is 0.254 e. The van der Waals surface area contributed by atoms with Crippen LogP contribution >= 0.6 is 0 Å². The number of hydrogen-bond acceptors (Lipinski definition) is 8. The van der Waals surface area contributed by atoms with E-state index in [4.69, 9.17) is 0 Å². The van der Waals surface area contributed by atoms with Gasteiger partial charge in [0.25, 0.3) is 5.91 Å².